The predicted molar refractivity (Wildman–Crippen MR) is 72.4 cm³/mol. The van der Waals surface area contributed by atoms with Crippen molar-refractivity contribution in [3.05, 3.63) is 0 Å². The van der Waals surface area contributed by atoms with Crippen LogP contribution in [0.2, 0.25) is 0 Å². The average Bonchev–Trinajstić information content (AvgIpc) is 2.33. The fourth-order valence-corrected chi connectivity index (χ4v) is 4.56. The van der Waals surface area contributed by atoms with Gasteiger partial charge in [0.1, 0.15) is 0 Å². The minimum Gasteiger partial charge on any atom is -0.396 e. The van der Waals surface area contributed by atoms with E-state index in [4.69, 9.17) is 0 Å². The molecule has 7 atom stereocenters. The molecule has 2 rings (SSSR count). The van der Waals surface area contributed by atoms with Crippen LogP contribution in [0.25, 0.3) is 0 Å². The minimum absolute atomic E-state index is 0.000139. The van der Waals surface area contributed by atoms with E-state index in [-0.39, 0.29) is 24.4 Å². The summed E-state index contributed by atoms with van der Waals surface area (Å²) in [7, 11) is 0. The molecule has 4 nitrogen and oxygen atoms in total. The Bertz CT molecular complexity index is 330. The quantitative estimate of drug-likeness (QED) is 0.602. The molecule has 0 unspecified atom stereocenters. The third-order valence-corrected chi connectivity index (χ3v) is 5.88. The van der Waals surface area contributed by atoms with Gasteiger partial charge in [-0.15, -0.1) is 0 Å². The molecule has 0 aliphatic heterocycles. The lowest BCUT2D eigenvalue weighted by Crippen LogP contribution is -2.63. The van der Waals surface area contributed by atoms with Gasteiger partial charge in [-0.25, -0.2) is 0 Å². The smallest absolute Gasteiger partial charge is 0.0679 e. The topological polar surface area (TPSA) is 80.9 Å². The Labute approximate surface area is 115 Å². The van der Waals surface area contributed by atoms with Gasteiger partial charge in [-0.05, 0) is 44.4 Å². The van der Waals surface area contributed by atoms with Gasteiger partial charge in [-0.3, -0.25) is 0 Å². The zero-order chi connectivity index (χ0) is 14.4. The molecule has 0 aromatic carbocycles. The van der Waals surface area contributed by atoms with Crippen LogP contribution < -0.4 is 0 Å². The molecule has 0 saturated heterocycles. The molecule has 0 bridgehead atoms. The third-order valence-electron chi connectivity index (χ3n) is 5.88. The van der Waals surface area contributed by atoms with Gasteiger partial charge < -0.3 is 20.4 Å². The van der Waals surface area contributed by atoms with Crippen molar-refractivity contribution in [3.63, 3.8) is 0 Å². The van der Waals surface area contributed by atoms with Crippen LogP contribution in [0.3, 0.4) is 0 Å². The maximum absolute atomic E-state index is 10.7. The minimum atomic E-state index is -0.943. The number of rotatable bonds is 2. The molecule has 4 N–H and O–H groups in total. The van der Waals surface area contributed by atoms with Crippen molar-refractivity contribution in [2.24, 2.45) is 23.2 Å². The van der Waals surface area contributed by atoms with Gasteiger partial charge in [0, 0.05) is 17.9 Å². The Morgan fingerprint density at radius 1 is 1.16 bits per heavy atom. The van der Waals surface area contributed by atoms with Crippen LogP contribution >= 0.6 is 0 Å². The van der Waals surface area contributed by atoms with Crippen molar-refractivity contribution in [1.29, 1.82) is 0 Å². The fourth-order valence-electron chi connectivity index (χ4n) is 4.56. The van der Waals surface area contributed by atoms with E-state index in [1.54, 1.807) is 6.92 Å². The lowest BCUT2D eigenvalue weighted by atomic mass is 9.50. The molecular weight excluding hydrogens is 244 g/mol. The summed E-state index contributed by atoms with van der Waals surface area (Å²) < 4.78 is 0. The van der Waals surface area contributed by atoms with E-state index in [1.165, 1.54) is 0 Å². The lowest BCUT2D eigenvalue weighted by molar-refractivity contribution is -0.221. The van der Waals surface area contributed by atoms with Crippen molar-refractivity contribution in [2.75, 3.05) is 6.61 Å². The molecule has 112 valence electrons. The number of aliphatic hydroxyl groups is 4. The number of hydrogen-bond acceptors (Lipinski definition) is 4. The highest BCUT2D eigenvalue weighted by Crippen LogP contribution is 2.56. The molecule has 0 heterocycles. The molecule has 0 spiro atoms. The van der Waals surface area contributed by atoms with Crippen LogP contribution in [0, 0.1) is 23.2 Å². The van der Waals surface area contributed by atoms with Crippen LogP contribution in [-0.4, -0.2) is 44.8 Å². The van der Waals surface area contributed by atoms with E-state index in [0.29, 0.717) is 12.8 Å². The summed E-state index contributed by atoms with van der Waals surface area (Å²) >= 11 is 0. The van der Waals surface area contributed by atoms with Crippen molar-refractivity contribution >= 4 is 0 Å². The Balaban J connectivity index is 2.32. The largest absolute Gasteiger partial charge is 0.396 e. The summed E-state index contributed by atoms with van der Waals surface area (Å²) in [6.07, 6.45) is 1.58. The Kier molecular flexibility index (Phi) is 4.00. The second kappa shape index (κ2) is 4.99. The maximum atomic E-state index is 10.7. The Hall–Kier alpha value is -0.160. The number of hydrogen-bond donors (Lipinski definition) is 4. The van der Waals surface area contributed by atoms with E-state index >= 15 is 0 Å². The van der Waals surface area contributed by atoms with Crippen molar-refractivity contribution in [1.82, 2.24) is 0 Å². The van der Waals surface area contributed by atoms with Gasteiger partial charge in [0.15, 0.2) is 0 Å². The summed E-state index contributed by atoms with van der Waals surface area (Å²) in [5.74, 6) is -0.300. The van der Waals surface area contributed by atoms with Crippen molar-refractivity contribution in [2.45, 2.75) is 64.3 Å². The summed E-state index contributed by atoms with van der Waals surface area (Å²) in [5.41, 5.74) is -1.37. The van der Waals surface area contributed by atoms with Crippen LogP contribution in [0.1, 0.15) is 46.5 Å². The van der Waals surface area contributed by atoms with Crippen LogP contribution in [-0.2, 0) is 0 Å². The molecule has 2 aliphatic rings. The molecule has 2 aliphatic carbocycles. The number of fused-ring (bicyclic) bond motifs is 1. The molecule has 0 aromatic heterocycles. The molecule has 19 heavy (non-hydrogen) atoms. The zero-order valence-corrected chi connectivity index (χ0v) is 12.2. The first-order valence-corrected chi connectivity index (χ1v) is 7.43. The zero-order valence-electron chi connectivity index (χ0n) is 12.2. The Morgan fingerprint density at radius 2 is 1.79 bits per heavy atom. The molecule has 0 radical (unpaired) electrons. The first-order chi connectivity index (χ1) is 8.74. The highest BCUT2D eigenvalue weighted by atomic mass is 16.3. The second-order valence-corrected chi connectivity index (χ2v) is 7.25. The van der Waals surface area contributed by atoms with E-state index in [0.717, 1.165) is 12.8 Å². The van der Waals surface area contributed by atoms with Gasteiger partial charge >= 0.3 is 0 Å². The third kappa shape index (κ3) is 2.33. The average molecular weight is 272 g/mol. The van der Waals surface area contributed by atoms with Gasteiger partial charge in [-0.1, -0.05) is 13.8 Å². The van der Waals surface area contributed by atoms with Gasteiger partial charge in [-0.2, -0.15) is 0 Å². The van der Waals surface area contributed by atoms with Crippen LogP contribution in [0.4, 0.5) is 0 Å². The lowest BCUT2D eigenvalue weighted by Gasteiger charge is -2.58. The molecular formula is C15H28O4. The summed E-state index contributed by atoms with van der Waals surface area (Å²) in [6.45, 7) is 5.75. The van der Waals surface area contributed by atoms with Crippen LogP contribution in [0.5, 0.6) is 0 Å². The first kappa shape index (κ1) is 15.2. The van der Waals surface area contributed by atoms with E-state index in [1.807, 2.05) is 13.8 Å². The summed E-state index contributed by atoms with van der Waals surface area (Å²) in [4.78, 5) is 0. The van der Waals surface area contributed by atoms with Gasteiger partial charge in [0.25, 0.3) is 0 Å². The Morgan fingerprint density at radius 3 is 2.37 bits per heavy atom. The van der Waals surface area contributed by atoms with E-state index in [9.17, 15) is 20.4 Å². The summed E-state index contributed by atoms with van der Waals surface area (Å²) in [6, 6.07) is 0. The SMILES string of the molecule is C[C@H](CO)[C@@H]1CC[C@@]2(C)[C@H](O)CC[C@](C)(O)[C@@H]2[C@@H]1O. The fraction of sp³-hybridized carbons (Fsp3) is 1.00. The highest BCUT2D eigenvalue weighted by Gasteiger charge is 2.59. The molecule has 0 amide bonds. The maximum Gasteiger partial charge on any atom is 0.0679 e. The highest BCUT2D eigenvalue weighted by molar-refractivity contribution is 5.09. The van der Waals surface area contributed by atoms with E-state index in [2.05, 4.69) is 0 Å². The van der Waals surface area contributed by atoms with E-state index < -0.39 is 23.2 Å². The predicted octanol–water partition coefficient (Wildman–Crippen LogP) is 0.914. The monoisotopic (exact) mass is 272 g/mol. The van der Waals surface area contributed by atoms with Crippen molar-refractivity contribution in [3.8, 4) is 0 Å². The molecule has 2 fully saturated rings. The van der Waals surface area contributed by atoms with Crippen LogP contribution in [0.15, 0.2) is 0 Å². The molecule has 4 heteroatoms. The normalized spacial score (nSPS) is 52.6. The second-order valence-electron chi connectivity index (χ2n) is 7.25. The number of aliphatic hydroxyl groups excluding tert-OH is 3. The van der Waals surface area contributed by atoms with Gasteiger partial charge in [0.2, 0.25) is 0 Å². The summed E-state index contributed by atoms with van der Waals surface area (Å²) in [5, 5.41) is 41.0. The molecule has 0 aromatic rings. The van der Waals surface area contributed by atoms with Crippen molar-refractivity contribution < 1.29 is 20.4 Å². The molecule has 2 saturated carbocycles. The first-order valence-electron chi connectivity index (χ1n) is 7.43. The van der Waals surface area contributed by atoms with Gasteiger partial charge in [0.05, 0.1) is 17.8 Å². The standard InChI is InChI=1S/C15H28O4/c1-9(8-16)10-4-6-14(2)11(17)5-7-15(3,19)13(14)12(10)18/h9-13,16-19H,4-8H2,1-3H3/t9-,10+,11-,12-,13-,14+,15+/m1/s1.